The van der Waals surface area contributed by atoms with Gasteiger partial charge in [0, 0.05) is 29.9 Å². The highest BCUT2D eigenvalue weighted by Crippen LogP contribution is 2.31. The lowest BCUT2D eigenvalue weighted by molar-refractivity contribution is 0.0686. The number of benzene rings is 1. The lowest BCUT2D eigenvalue weighted by atomic mass is 9.98. The molecule has 2 unspecified atom stereocenters. The summed E-state index contributed by atoms with van der Waals surface area (Å²) in [6, 6.07) is 11.9. The summed E-state index contributed by atoms with van der Waals surface area (Å²) in [6.45, 7) is 0. The Bertz CT molecular complexity index is 635. The van der Waals surface area contributed by atoms with Crippen molar-refractivity contribution in [1.29, 1.82) is 0 Å². The van der Waals surface area contributed by atoms with Crippen molar-refractivity contribution in [1.82, 2.24) is 10.2 Å². The van der Waals surface area contributed by atoms with Crippen molar-refractivity contribution in [3.63, 3.8) is 0 Å². The van der Waals surface area contributed by atoms with Gasteiger partial charge in [0.25, 0.3) is 5.91 Å². The molecule has 1 N–H and O–H groups in total. The molecular weight excluding hydrogens is 280 g/mol. The van der Waals surface area contributed by atoms with Crippen molar-refractivity contribution in [2.75, 3.05) is 7.05 Å². The van der Waals surface area contributed by atoms with E-state index in [1.807, 2.05) is 30.1 Å². The van der Waals surface area contributed by atoms with E-state index in [0.717, 1.165) is 17.7 Å². The number of amides is 1. The van der Waals surface area contributed by atoms with E-state index in [1.54, 1.807) is 11.3 Å². The molecular formula is C17H20N2OS. The van der Waals surface area contributed by atoms with Gasteiger partial charge in [-0.2, -0.15) is 0 Å². The van der Waals surface area contributed by atoms with Crippen LogP contribution in [0.1, 0.15) is 35.4 Å². The maximum absolute atomic E-state index is 12.8. The van der Waals surface area contributed by atoms with Crippen LogP contribution in [0.3, 0.4) is 0 Å². The number of nitrogens with zero attached hydrogens (tertiary/aromatic N) is 1. The third-order valence-electron chi connectivity index (χ3n) is 4.95. The van der Waals surface area contributed by atoms with Crippen LogP contribution in [0.15, 0.2) is 30.3 Å². The average molecular weight is 300 g/mol. The van der Waals surface area contributed by atoms with Crippen LogP contribution in [0.2, 0.25) is 0 Å². The highest BCUT2D eigenvalue weighted by atomic mass is 32.1. The molecule has 2 aliphatic rings. The molecule has 1 amide bonds. The van der Waals surface area contributed by atoms with Crippen LogP contribution in [0.5, 0.6) is 0 Å². The lowest BCUT2D eigenvalue weighted by Gasteiger charge is -2.35. The van der Waals surface area contributed by atoms with Crippen molar-refractivity contribution >= 4 is 27.3 Å². The fraction of sp³-hybridized carbons (Fsp3) is 0.471. The molecule has 0 saturated carbocycles. The predicted molar refractivity (Wildman–Crippen MR) is 86.9 cm³/mol. The molecule has 2 saturated heterocycles. The zero-order chi connectivity index (χ0) is 14.4. The van der Waals surface area contributed by atoms with E-state index in [0.29, 0.717) is 18.1 Å². The minimum atomic E-state index is 0.183. The number of piperidine rings is 1. The molecule has 2 aromatic rings. The zero-order valence-electron chi connectivity index (χ0n) is 12.2. The Morgan fingerprint density at radius 2 is 1.95 bits per heavy atom. The van der Waals surface area contributed by atoms with Crippen LogP contribution in [-0.4, -0.2) is 36.0 Å². The first kappa shape index (κ1) is 13.3. The second-order valence-electron chi connectivity index (χ2n) is 6.33. The number of rotatable bonds is 2. The Labute approximate surface area is 128 Å². The summed E-state index contributed by atoms with van der Waals surface area (Å²) in [5.41, 5.74) is 0. The summed E-state index contributed by atoms with van der Waals surface area (Å²) in [6.07, 6.45) is 4.74. The van der Waals surface area contributed by atoms with Gasteiger partial charge in [-0.05, 0) is 43.2 Å². The molecule has 3 heterocycles. The van der Waals surface area contributed by atoms with Gasteiger partial charge >= 0.3 is 0 Å². The fourth-order valence-corrected chi connectivity index (χ4v) is 4.82. The quantitative estimate of drug-likeness (QED) is 0.923. The lowest BCUT2D eigenvalue weighted by Crippen LogP contribution is -2.48. The van der Waals surface area contributed by atoms with E-state index < -0.39 is 0 Å². The Balaban J connectivity index is 1.56. The van der Waals surface area contributed by atoms with Gasteiger partial charge in [-0.3, -0.25) is 4.79 Å². The maximum Gasteiger partial charge on any atom is 0.263 e. The third-order valence-corrected chi connectivity index (χ3v) is 6.06. The molecule has 2 aliphatic heterocycles. The number of hydrogen-bond acceptors (Lipinski definition) is 3. The van der Waals surface area contributed by atoms with Gasteiger partial charge in [-0.15, -0.1) is 11.3 Å². The predicted octanol–water partition coefficient (Wildman–Crippen LogP) is 3.26. The summed E-state index contributed by atoms with van der Waals surface area (Å²) in [5, 5.41) is 4.81. The molecule has 0 spiro atoms. The van der Waals surface area contributed by atoms with Crippen molar-refractivity contribution in [2.24, 2.45) is 0 Å². The molecule has 1 aromatic heterocycles. The summed E-state index contributed by atoms with van der Waals surface area (Å²) in [7, 11) is 1.97. The molecule has 1 aromatic carbocycles. The zero-order valence-corrected chi connectivity index (χ0v) is 13.0. The normalized spacial score (nSPS) is 28.0. The Kier molecular flexibility index (Phi) is 3.23. The topological polar surface area (TPSA) is 32.3 Å². The second kappa shape index (κ2) is 5.11. The summed E-state index contributed by atoms with van der Waals surface area (Å²) >= 11 is 1.61. The molecule has 0 radical (unpaired) electrons. The number of thiophene rings is 1. The number of fused-ring (bicyclic) bond motifs is 3. The summed E-state index contributed by atoms with van der Waals surface area (Å²) in [4.78, 5) is 15.6. The van der Waals surface area contributed by atoms with Gasteiger partial charge in [-0.25, -0.2) is 0 Å². The van der Waals surface area contributed by atoms with Crippen molar-refractivity contribution in [3.05, 3.63) is 35.2 Å². The van der Waals surface area contributed by atoms with Gasteiger partial charge in [0.15, 0.2) is 0 Å². The van der Waals surface area contributed by atoms with E-state index in [-0.39, 0.29) is 5.91 Å². The highest BCUT2D eigenvalue weighted by Gasteiger charge is 2.36. The minimum Gasteiger partial charge on any atom is -0.338 e. The molecule has 2 atom stereocenters. The summed E-state index contributed by atoms with van der Waals surface area (Å²) < 4.78 is 1.19. The Hall–Kier alpha value is -1.39. The van der Waals surface area contributed by atoms with Gasteiger partial charge < -0.3 is 10.2 Å². The standard InChI is InChI=1S/C17H20N2OS/c1-19(14-9-12-6-7-13(10-14)18-12)17(20)16-8-11-4-2-3-5-15(11)21-16/h2-5,8,12-14,18H,6-7,9-10H2,1H3. The van der Waals surface area contributed by atoms with Crippen LogP contribution < -0.4 is 5.32 Å². The Morgan fingerprint density at radius 3 is 2.67 bits per heavy atom. The second-order valence-corrected chi connectivity index (χ2v) is 7.41. The molecule has 0 aliphatic carbocycles. The van der Waals surface area contributed by atoms with E-state index in [2.05, 4.69) is 17.4 Å². The molecule has 4 rings (SSSR count). The first-order valence-corrected chi connectivity index (χ1v) is 8.54. The maximum atomic E-state index is 12.8. The number of carbonyl (C=O) groups is 1. The minimum absolute atomic E-state index is 0.183. The Morgan fingerprint density at radius 1 is 1.24 bits per heavy atom. The van der Waals surface area contributed by atoms with E-state index in [4.69, 9.17) is 0 Å². The van der Waals surface area contributed by atoms with Crippen molar-refractivity contribution in [2.45, 2.75) is 43.8 Å². The van der Waals surface area contributed by atoms with E-state index in [1.165, 1.54) is 22.9 Å². The molecule has 4 heteroatoms. The van der Waals surface area contributed by atoms with Crippen LogP contribution in [0, 0.1) is 0 Å². The van der Waals surface area contributed by atoms with Crippen molar-refractivity contribution < 1.29 is 4.79 Å². The van der Waals surface area contributed by atoms with E-state index >= 15 is 0 Å². The highest BCUT2D eigenvalue weighted by molar-refractivity contribution is 7.20. The van der Waals surface area contributed by atoms with Gasteiger partial charge in [0.2, 0.25) is 0 Å². The summed E-state index contributed by atoms with van der Waals surface area (Å²) in [5.74, 6) is 0.183. The largest absolute Gasteiger partial charge is 0.338 e. The first-order chi connectivity index (χ1) is 10.2. The van der Waals surface area contributed by atoms with E-state index in [9.17, 15) is 4.79 Å². The molecule has 2 fully saturated rings. The van der Waals surface area contributed by atoms with Gasteiger partial charge in [-0.1, -0.05) is 18.2 Å². The van der Waals surface area contributed by atoms with Gasteiger partial charge in [0.05, 0.1) is 4.88 Å². The number of carbonyl (C=O) groups excluding carboxylic acids is 1. The number of hydrogen-bond donors (Lipinski definition) is 1. The first-order valence-electron chi connectivity index (χ1n) is 7.72. The van der Waals surface area contributed by atoms with Crippen molar-refractivity contribution in [3.8, 4) is 0 Å². The van der Waals surface area contributed by atoms with Crippen LogP contribution in [-0.2, 0) is 0 Å². The third kappa shape index (κ3) is 2.36. The number of nitrogens with one attached hydrogen (secondary N) is 1. The molecule has 2 bridgehead atoms. The SMILES string of the molecule is CN(C(=O)c1cc2ccccc2s1)C1CC2CCC(C1)N2. The molecule has 110 valence electrons. The smallest absolute Gasteiger partial charge is 0.263 e. The monoisotopic (exact) mass is 300 g/mol. The van der Waals surface area contributed by atoms with Crippen LogP contribution in [0.25, 0.3) is 10.1 Å². The molecule has 3 nitrogen and oxygen atoms in total. The average Bonchev–Trinajstić information content (AvgIpc) is 3.08. The van der Waals surface area contributed by atoms with Crippen LogP contribution in [0.4, 0.5) is 0 Å². The molecule has 21 heavy (non-hydrogen) atoms. The van der Waals surface area contributed by atoms with Gasteiger partial charge in [0.1, 0.15) is 0 Å². The fourth-order valence-electron chi connectivity index (χ4n) is 3.77. The van der Waals surface area contributed by atoms with Crippen LogP contribution >= 0.6 is 11.3 Å².